The molecule has 0 radical (unpaired) electrons. The molecule has 0 spiro atoms. The van der Waals surface area contributed by atoms with Crippen LogP contribution in [0.3, 0.4) is 0 Å². The normalized spacial score (nSPS) is 11.1. The fraction of sp³-hybridized carbons (Fsp3) is 0. The molecule has 0 aliphatic heterocycles. The fourth-order valence-electron chi connectivity index (χ4n) is 0.963. The Balaban J connectivity index is 2.09. The van der Waals surface area contributed by atoms with Crippen LogP contribution in [0.15, 0.2) is 42.3 Å². The topological polar surface area (TPSA) is 102 Å². The zero-order valence-corrected chi connectivity index (χ0v) is 8.28. The van der Waals surface area contributed by atoms with Crippen LogP contribution in [-0.4, -0.2) is 25.8 Å². The van der Waals surface area contributed by atoms with Crippen LogP contribution in [0.5, 0.6) is 0 Å². The predicted octanol–water partition coefficient (Wildman–Crippen LogP) is -0.00100. The van der Waals surface area contributed by atoms with E-state index in [0.717, 1.165) is 0 Å². The van der Waals surface area contributed by atoms with Crippen LogP contribution in [-0.2, 0) is 0 Å². The SMILES string of the molecule is N/C(=N\Nc1cnccn1)c1cnccn1. The van der Waals surface area contributed by atoms with E-state index in [0.29, 0.717) is 11.5 Å². The third-order valence-corrected chi connectivity index (χ3v) is 1.68. The molecular weight excluding hydrogens is 206 g/mol. The summed E-state index contributed by atoms with van der Waals surface area (Å²) in [6.45, 7) is 0. The second-order valence-corrected chi connectivity index (χ2v) is 2.79. The number of rotatable bonds is 3. The molecule has 0 bridgehead atoms. The molecule has 0 aliphatic rings. The average Bonchev–Trinajstić information content (AvgIpc) is 2.38. The molecule has 7 heteroatoms. The Bertz CT molecular complexity index is 468. The summed E-state index contributed by atoms with van der Waals surface area (Å²) in [6.07, 6.45) is 9.29. The number of nitrogens with two attached hydrogens (primary N) is 1. The van der Waals surface area contributed by atoms with E-state index in [4.69, 9.17) is 5.73 Å². The maximum absolute atomic E-state index is 5.68. The van der Waals surface area contributed by atoms with Gasteiger partial charge in [-0.05, 0) is 0 Å². The molecule has 0 fully saturated rings. The molecule has 3 N–H and O–H groups in total. The van der Waals surface area contributed by atoms with Crippen molar-refractivity contribution in [3.05, 3.63) is 42.9 Å². The third-order valence-electron chi connectivity index (χ3n) is 1.68. The molecule has 0 saturated carbocycles. The van der Waals surface area contributed by atoms with E-state index in [2.05, 4.69) is 30.5 Å². The van der Waals surface area contributed by atoms with Crippen LogP contribution in [0.4, 0.5) is 5.82 Å². The minimum absolute atomic E-state index is 0.235. The summed E-state index contributed by atoms with van der Waals surface area (Å²) in [7, 11) is 0. The third kappa shape index (κ3) is 2.47. The van der Waals surface area contributed by atoms with Gasteiger partial charge >= 0.3 is 0 Å². The summed E-state index contributed by atoms with van der Waals surface area (Å²) in [5.41, 5.74) is 8.84. The van der Waals surface area contributed by atoms with Gasteiger partial charge < -0.3 is 5.73 Å². The predicted molar refractivity (Wildman–Crippen MR) is 58.4 cm³/mol. The maximum atomic E-state index is 5.68. The molecule has 2 heterocycles. The molecule has 2 aromatic heterocycles. The standard InChI is InChI=1S/C9H9N7/c10-9(7-5-11-1-3-13-7)16-15-8-6-12-2-4-14-8/h1-6H,(H2,10,16)(H,14,15). The second-order valence-electron chi connectivity index (χ2n) is 2.79. The van der Waals surface area contributed by atoms with E-state index in [1.165, 1.54) is 12.4 Å². The highest BCUT2D eigenvalue weighted by Crippen LogP contribution is 1.97. The molecule has 0 saturated heterocycles. The van der Waals surface area contributed by atoms with Crippen LogP contribution in [0, 0.1) is 0 Å². The molecule has 0 amide bonds. The summed E-state index contributed by atoms with van der Waals surface area (Å²) in [5.74, 6) is 0.744. The van der Waals surface area contributed by atoms with Crippen LogP contribution in [0.1, 0.15) is 5.69 Å². The van der Waals surface area contributed by atoms with Gasteiger partial charge in [0, 0.05) is 24.8 Å². The molecule has 80 valence electrons. The fourth-order valence-corrected chi connectivity index (χ4v) is 0.963. The van der Waals surface area contributed by atoms with Crippen LogP contribution in [0.25, 0.3) is 0 Å². The Morgan fingerprint density at radius 3 is 2.44 bits per heavy atom. The number of amidine groups is 1. The van der Waals surface area contributed by atoms with Crippen LogP contribution in [0.2, 0.25) is 0 Å². The summed E-state index contributed by atoms with van der Waals surface area (Å²) in [4.78, 5) is 15.7. The van der Waals surface area contributed by atoms with E-state index in [9.17, 15) is 0 Å². The Kier molecular flexibility index (Phi) is 2.98. The summed E-state index contributed by atoms with van der Waals surface area (Å²) in [5, 5.41) is 3.90. The molecule has 0 aromatic carbocycles. The Labute approximate surface area is 91.5 Å². The second kappa shape index (κ2) is 4.78. The van der Waals surface area contributed by atoms with Crippen molar-refractivity contribution in [2.45, 2.75) is 0 Å². The van der Waals surface area contributed by atoms with Crippen LogP contribution < -0.4 is 11.2 Å². The van der Waals surface area contributed by atoms with Gasteiger partial charge in [-0.25, -0.2) is 9.97 Å². The first kappa shape index (κ1) is 9.97. The first-order chi connectivity index (χ1) is 7.86. The molecular formula is C9H9N7. The smallest absolute Gasteiger partial charge is 0.171 e. The van der Waals surface area contributed by atoms with Gasteiger partial charge in [-0.1, -0.05) is 0 Å². The van der Waals surface area contributed by atoms with Gasteiger partial charge in [-0.2, -0.15) is 5.10 Å². The monoisotopic (exact) mass is 215 g/mol. The molecule has 0 atom stereocenters. The molecule has 2 rings (SSSR count). The summed E-state index contributed by atoms with van der Waals surface area (Å²) in [6, 6.07) is 0. The number of anilines is 1. The highest BCUT2D eigenvalue weighted by Gasteiger charge is 1.98. The van der Waals surface area contributed by atoms with Crippen molar-refractivity contribution >= 4 is 11.7 Å². The number of hydrogen-bond acceptors (Lipinski definition) is 6. The number of hydrazone groups is 1. The van der Waals surface area contributed by atoms with Crippen molar-refractivity contribution in [2.75, 3.05) is 5.43 Å². The van der Waals surface area contributed by atoms with Crippen molar-refractivity contribution in [1.82, 2.24) is 19.9 Å². The lowest BCUT2D eigenvalue weighted by Gasteiger charge is -2.00. The lowest BCUT2D eigenvalue weighted by atomic mass is 10.4. The Morgan fingerprint density at radius 2 is 1.81 bits per heavy atom. The first-order valence-corrected chi connectivity index (χ1v) is 4.48. The van der Waals surface area contributed by atoms with Crippen LogP contribution >= 0.6 is 0 Å². The first-order valence-electron chi connectivity index (χ1n) is 4.48. The number of aromatic nitrogens is 4. The van der Waals surface area contributed by atoms with Gasteiger partial charge in [0.15, 0.2) is 11.7 Å². The highest BCUT2D eigenvalue weighted by molar-refractivity contribution is 5.95. The number of nitrogens with zero attached hydrogens (tertiary/aromatic N) is 5. The lowest BCUT2D eigenvalue weighted by molar-refractivity contribution is 1.13. The Hall–Kier alpha value is -2.57. The van der Waals surface area contributed by atoms with Gasteiger partial charge in [0.25, 0.3) is 0 Å². The maximum Gasteiger partial charge on any atom is 0.171 e. The lowest BCUT2D eigenvalue weighted by Crippen LogP contribution is -2.17. The zero-order valence-electron chi connectivity index (χ0n) is 8.28. The largest absolute Gasteiger partial charge is 0.380 e. The highest BCUT2D eigenvalue weighted by atomic mass is 15.3. The van der Waals surface area contributed by atoms with Gasteiger partial charge in [-0.3, -0.25) is 15.4 Å². The Morgan fingerprint density at radius 1 is 1.06 bits per heavy atom. The minimum atomic E-state index is 0.235. The van der Waals surface area contributed by atoms with E-state index >= 15 is 0 Å². The average molecular weight is 215 g/mol. The molecule has 7 nitrogen and oxygen atoms in total. The van der Waals surface area contributed by atoms with Gasteiger partial charge in [0.1, 0.15) is 5.69 Å². The van der Waals surface area contributed by atoms with E-state index in [-0.39, 0.29) is 5.84 Å². The molecule has 16 heavy (non-hydrogen) atoms. The van der Waals surface area contributed by atoms with Crippen molar-refractivity contribution in [3.8, 4) is 0 Å². The van der Waals surface area contributed by atoms with Crippen molar-refractivity contribution in [1.29, 1.82) is 0 Å². The van der Waals surface area contributed by atoms with E-state index < -0.39 is 0 Å². The van der Waals surface area contributed by atoms with E-state index in [1.54, 1.807) is 24.8 Å². The minimum Gasteiger partial charge on any atom is -0.380 e. The number of hydrogen-bond donors (Lipinski definition) is 2. The molecule has 0 aliphatic carbocycles. The van der Waals surface area contributed by atoms with E-state index in [1.807, 2.05) is 0 Å². The summed E-state index contributed by atoms with van der Waals surface area (Å²) >= 11 is 0. The summed E-state index contributed by atoms with van der Waals surface area (Å²) < 4.78 is 0. The van der Waals surface area contributed by atoms with Crippen molar-refractivity contribution in [3.63, 3.8) is 0 Å². The van der Waals surface area contributed by atoms with Gasteiger partial charge in [0.05, 0.1) is 12.4 Å². The van der Waals surface area contributed by atoms with Crippen molar-refractivity contribution in [2.24, 2.45) is 10.8 Å². The van der Waals surface area contributed by atoms with Gasteiger partial charge in [-0.15, -0.1) is 0 Å². The molecule has 2 aromatic rings. The quantitative estimate of drug-likeness (QED) is 0.424. The van der Waals surface area contributed by atoms with Crippen molar-refractivity contribution < 1.29 is 0 Å². The van der Waals surface area contributed by atoms with Gasteiger partial charge in [0.2, 0.25) is 0 Å². The number of nitrogens with one attached hydrogen (secondary N) is 1. The zero-order chi connectivity index (χ0) is 11.2. The molecule has 0 unspecified atom stereocenters.